The maximum absolute atomic E-state index is 9.43. The first-order chi connectivity index (χ1) is 10.7. The van der Waals surface area contributed by atoms with E-state index >= 15 is 0 Å². The number of methoxy groups -OCH3 is 3. The summed E-state index contributed by atoms with van der Waals surface area (Å²) in [7, 11) is 4.72. The van der Waals surface area contributed by atoms with Gasteiger partial charge >= 0.3 is 0 Å². The highest BCUT2D eigenvalue weighted by Gasteiger charge is 2.08. The smallest absolute Gasteiger partial charge is 0.161 e. The predicted octanol–water partition coefficient (Wildman–Crippen LogP) is 3.58. The summed E-state index contributed by atoms with van der Waals surface area (Å²) in [5, 5.41) is 9.43. The van der Waals surface area contributed by atoms with E-state index < -0.39 is 0 Å². The average molecular weight is 294 g/mol. The molecule has 0 heterocycles. The number of allylic oxidation sites excluding steroid dienone is 1. The Morgan fingerprint density at radius 2 is 1.82 bits per heavy atom. The lowest BCUT2D eigenvalue weighted by Gasteiger charge is -2.09. The second-order valence-corrected chi connectivity index (χ2v) is 4.43. The zero-order valence-corrected chi connectivity index (χ0v) is 12.7. The fraction of sp³-hybridized carbons (Fsp3) is 0.167. The molecule has 0 aliphatic carbocycles. The SMILES string of the molecule is COc1[c]ccc(/C=C(\C#N)c2ccc(OC)c(OC)c2)c1. The van der Waals surface area contributed by atoms with Crippen molar-refractivity contribution in [2.45, 2.75) is 0 Å². The van der Waals surface area contributed by atoms with E-state index in [-0.39, 0.29) is 0 Å². The van der Waals surface area contributed by atoms with E-state index in [0.29, 0.717) is 22.8 Å². The molecule has 0 aromatic heterocycles. The summed E-state index contributed by atoms with van der Waals surface area (Å²) in [6.07, 6.45) is 1.79. The molecule has 0 saturated carbocycles. The van der Waals surface area contributed by atoms with Crippen molar-refractivity contribution in [1.29, 1.82) is 5.26 Å². The standard InChI is InChI=1S/C18H16NO3/c1-20-16-6-4-5-13(10-16)9-15(12-19)14-7-8-17(21-2)18(11-14)22-3/h4-5,7-11H,1-3H3/b15-9+. The van der Waals surface area contributed by atoms with Gasteiger partial charge in [0.05, 0.1) is 33.0 Å². The number of benzene rings is 2. The minimum atomic E-state index is 0.522. The van der Waals surface area contributed by atoms with Gasteiger partial charge in [-0.05, 0) is 47.5 Å². The van der Waals surface area contributed by atoms with Crippen LogP contribution in [-0.2, 0) is 0 Å². The Kier molecular flexibility index (Phi) is 5.05. The summed E-state index contributed by atoms with van der Waals surface area (Å²) in [5.74, 6) is 1.83. The highest BCUT2D eigenvalue weighted by Crippen LogP contribution is 2.31. The average Bonchev–Trinajstić information content (AvgIpc) is 2.59. The topological polar surface area (TPSA) is 51.5 Å². The molecule has 111 valence electrons. The van der Waals surface area contributed by atoms with Gasteiger partial charge in [0.25, 0.3) is 0 Å². The van der Waals surface area contributed by atoms with Crippen LogP contribution in [0.4, 0.5) is 0 Å². The molecule has 0 saturated heterocycles. The third kappa shape index (κ3) is 3.39. The molecule has 0 atom stereocenters. The molecule has 0 bridgehead atoms. The van der Waals surface area contributed by atoms with Gasteiger partial charge in [-0.15, -0.1) is 0 Å². The summed E-state index contributed by atoms with van der Waals surface area (Å²) in [6, 6.07) is 16.0. The zero-order chi connectivity index (χ0) is 15.9. The van der Waals surface area contributed by atoms with Crippen molar-refractivity contribution in [1.82, 2.24) is 0 Å². The molecular weight excluding hydrogens is 278 g/mol. The molecule has 4 nitrogen and oxygen atoms in total. The van der Waals surface area contributed by atoms with Crippen molar-refractivity contribution >= 4 is 11.6 Å². The summed E-state index contributed by atoms with van der Waals surface area (Å²) in [6.45, 7) is 0. The van der Waals surface area contributed by atoms with Crippen LogP contribution in [0.15, 0.2) is 36.4 Å². The molecule has 22 heavy (non-hydrogen) atoms. The summed E-state index contributed by atoms with van der Waals surface area (Å²) in [5.41, 5.74) is 2.14. The van der Waals surface area contributed by atoms with Gasteiger partial charge in [0.1, 0.15) is 5.75 Å². The number of ether oxygens (including phenoxy) is 3. The molecule has 2 aromatic rings. The molecule has 2 aromatic carbocycles. The number of rotatable bonds is 5. The van der Waals surface area contributed by atoms with Crippen LogP contribution in [0.5, 0.6) is 17.2 Å². The van der Waals surface area contributed by atoms with E-state index in [1.807, 2.05) is 18.2 Å². The number of nitriles is 1. The van der Waals surface area contributed by atoms with Gasteiger partial charge in [-0.25, -0.2) is 0 Å². The van der Waals surface area contributed by atoms with Crippen LogP contribution in [0.25, 0.3) is 11.6 Å². The Labute approximate surface area is 130 Å². The van der Waals surface area contributed by atoms with Gasteiger partial charge in [-0.2, -0.15) is 5.26 Å². The van der Waals surface area contributed by atoms with E-state index in [0.717, 1.165) is 11.1 Å². The molecule has 0 amide bonds. The highest BCUT2D eigenvalue weighted by molar-refractivity contribution is 5.90. The first-order valence-electron chi connectivity index (χ1n) is 6.61. The van der Waals surface area contributed by atoms with Crippen LogP contribution in [0.3, 0.4) is 0 Å². The molecule has 4 heteroatoms. The van der Waals surface area contributed by atoms with Crippen molar-refractivity contribution in [2.75, 3.05) is 21.3 Å². The summed E-state index contributed by atoms with van der Waals surface area (Å²) in [4.78, 5) is 0. The Bertz CT molecular complexity index is 729. The highest BCUT2D eigenvalue weighted by atomic mass is 16.5. The molecule has 0 spiro atoms. The van der Waals surface area contributed by atoms with Crippen molar-refractivity contribution < 1.29 is 14.2 Å². The third-order valence-electron chi connectivity index (χ3n) is 3.15. The zero-order valence-electron chi connectivity index (χ0n) is 12.7. The van der Waals surface area contributed by atoms with E-state index in [9.17, 15) is 5.26 Å². The van der Waals surface area contributed by atoms with Gasteiger partial charge in [-0.3, -0.25) is 0 Å². The Hall–Kier alpha value is -2.93. The first-order valence-corrected chi connectivity index (χ1v) is 6.61. The van der Waals surface area contributed by atoms with Gasteiger partial charge in [-0.1, -0.05) is 6.07 Å². The molecule has 1 radical (unpaired) electrons. The van der Waals surface area contributed by atoms with Crippen LogP contribution in [-0.4, -0.2) is 21.3 Å². The molecule has 0 N–H and O–H groups in total. The van der Waals surface area contributed by atoms with Gasteiger partial charge < -0.3 is 14.2 Å². The Balaban J connectivity index is 2.43. The number of hydrogen-bond donors (Lipinski definition) is 0. The predicted molar refractivity (Wildman–Crippen MR) is 84.9 cm³/mol. The first kappa shape index (κ1) is 15.5. The largest absolute Gasteiger partial charge is 0.496 e. The van der Waals surface area contributed by atoms with E-state index in [1.165, 1.54) is 0 Å². The molecule has 0 unspecified atom stereocenters. The molecule has 0 fully saturated rings. The maximum atomic E-state index is 9.43. The molecule has 2 rings (SSSR count). The second-order valence-electron chi connectivity index (χ2n) is 4.43. The van der Waals surface area contributed by atoms with Crippen LogP contribution in [0, 0.1) is 17.4 Å². The van der Waals surface area contributed by atoms with Crippen LogP contribution in [0.2, 0.25) is 0 Å². The second kappa shape index (κ2) is 7.19. The van der Waals surface area contributed by atoms with Gasteiger partial charge in [0.15, 0.2) is 11.5 Å². The van der Waals surface area contributed by atoms with Gasteiger partial charge in [0.2, 0.25) is 0 Å². The molecule has 0 aliphatic rings. The van der Waals surface area contributed by atoms with E-state index in [4.69, 9.17) is 14.2 Å². The lowest BCUT2D eigenvalue weighted by atomic mass is 10.0. The number of hydrogen-bond acceptors (Lipinski definition) is 4. The normalized spacial score (nSPS) is 10.7. The van der Waals surface area contributed by atoms with Gasteiger partial charge in [0, 0.05) is 6.07 Å². The minimum absolute atomic E-state index is 0.522. The minimum Gasteiger partial charge on any atom is -0.496 e. The fourth-order valence-electron chi connectivity index (χ4n) is 2.02. The number of nitrogens with zero attached hydrogens (tertiary/aromatic N) is 1. The van der Waals surface area contributed by atoms with Crippen molar-refractivity contribution in [3.8, 4) is 23.3 Å². The lowest BCUT2D eigenvalue weighted by molar-refractivity contribution is 0.355. The van der Waals surface area contributed by atoms with Crippen molar-refractivity contribution in [2.24, 2.45) is 0 Å². The van der Waals surface area contributed by atoms with Crippen LogP contribution >= 0.6 is 0 Å². The van der Waals surface area contributed by atoms with Crippen LogP contribution < -0.4 is 14.2 Å². The van der Waals surface area contributed by atoms with E-state index in [1.54, 1.807) is 45.6 Å². The molecular formula is C18H16NO3. The Morgan fingerprint density at radius 1 is 1.05 bits per heavy atom. The van der Waals surface area contributed by atoms with Crippen molar-refractivity contribution in [3.05, 3.63) is 53.6 Å². The van der Waals surface area contributed by atoms with Crippen LogP contribution in [0.1, 0.15) is 11.1 Å². The quantitative estimate of drug-likeness (QED) is 0.625. The Morgan fingerprint density at radius 3 is 2.45 bits per heavy atom. The third-order valence-corrected chi connectivity index (χ3v) is 3.15. The molecule has 0 aliphatic heterocycles. The van der Waals surface area contributed by atoms with Crippen molar-refractivity contribution in [3.63, 3.8) is 0 Å². The lowest BCUT2D eigenvalue weighted by Crippen LogP contribution is -1.92. The summed E-state index contributed by atoms with van der Waals surface area (Å²) >= 11 is 0. The van der Waals surface area contributed by atoms with E-state index in [2.05, 4.69) is 12.1 Å². The summed E-state index contributed by atoms with van der Waals surface area (Å²) < 4.78 is 15.6. The maximum Gasteiger partial charge on any atom is 0.161 e. The fourth-order valence-corrected chi connectivity index (χ4v) is 2.02. The monoisotopic (exact) mass is 294 g/mol.